The summed E-state index contributed by atoms with van der Waals surface area (Å²) in [5.74, 6) is 0.607. The average molecular weight is 414 g/mol. The molecule has 2 aromatic carbocycles. The van der Waals surface area contributed by atoms with Crippen LogP contribution in [0.3, 0.4) is 0 Å². The minimum Gasteiger partial charge on any atom is -0.486 e. The summed E-state index contributed by atoms with van der Waals surface area (Å²) in [6, 6.07) is 13.9. The zero-order valence-electron chi connectivity index (χ0n) is 15.5. The molecule has 8 heteroatoms. The molecule has 5 rings (SSSR count). The number of sulfonamides is 1. The Morgan fingerprint density at radius 2 is 1.69 bits per heavy atom. The van der Waals surface area contributed by atoms with Gasteiger partial charge in [0.15, 0.2) is 11.5 Å². The van der Waals surface area contributed by atoms with Crippen LogP contribution < -0.4 is 9.47 Å². The number of halogens is 1. The van der Waals surface area contributed by atoms with Crippen molar-refractivity contribution in [3.05, 3.63) is 77.9 Å². The molecule has 3 heterocycles. The molecule has 2 aliphatic rings. The first-order valence-electron chi connectivity index (χ1n) is 9.36. The van der Waals surface area contributed by atoms with Crippen LogP contribution >= 0.6 is 0 Å². The van der Waals surface area contributed by atoms with Crippen LogP contribution in [0.25, 0.3) is 0 Å². The van der Waals surface area contributed by atoms with Gasteiger partial charge in [0.2, 0.25) is 10.0 Å². The van der Waals surface area contributed by atoms with Gasteiger partial charge in [-0.25, -0.2) is 12.8 Å². The van der Waals surface area contributed by atoms with Crippen molar-refractivity contribution in [1.82, 2.24) is 8.87 Å². The van der Waals surface area contributed by atoms with E-state index in [4.69, 9.17) is 9.47 Å². The van der Waals surface area contributed by atoms with Gasteiger partial charge in [0.05, 0.1) is 10.9 Å². The third kappa shape index (κ3) is 3.08. The van der Waals surface area contributed by atoms with Gasteiger partial charge >= 0.3 is 0 Å². The van der Waals surface area contributed by atoms with E-state index in [1.54, 1.807) is 18.2 Å². The molecular formula is C21H19FN2O4S. The molecule has 29 heavy (non-hydrogen) atoms. The van der Waals surface area contributed by atoms with E-state index in [1.807, 2.05) is 22.9 Å². The molecule has 0 bridgehead atoms. The molecule has 6 nitrogen and oxygen atoms in total. The quantitative estimate of drug-likeness (QED) is 0.661. The topological polar surface area (TPSA) is 60.8 Å². The van der Waals surface area contributed by atoms with E-state index >= 15 is 0 Å². The SMILES string of the molecule is O=S(=O)(c1ccc2c(c1)OCCO2)N1CCn2cccc2C1c1ccc(F)cc1. The zero-order valence-corrected chi connectivity index (χ0v) is 16.3. The van der Waals surface area contributed by atoms with Crippen molar-refractivity contribution >= 4 is 10.0 Å². The van der Waals surface area contributed by atoms with Crippen molar-refractivity contribution in [2.45, 2.75) is 17.5 Å². The third-order valence-electron chi connectivity index (χ3n) is 5.30. The van der Waals surface area contributed by atoms with Gasteiger partial charge in [-0.2, -0.15) is 4.31 Å². The maximum atomic E-state index is 13.6. The van der Waals surface area contributed by atoms with Gasteiger partial charge in [0.25, 0.3) is 0 Å². The Bertz CT molecular complexity index is 1160. The first-order chi connectivity index (χ1) is 14.0. The predicted octanol–water partition coefficient (Wildman–Crippen LogP) is 3.19. The maximum Gasteiger partial charge on any atom is 0.244 e. The van der Waals surface area contributed by atoms with E-state index in [0.717, 1.165) is 5.69 Å². The van der Waals surface area contributed by atoms with E-state index in [1.165, 1.54) is 28.6 Å². The average Bonchev–Trinajstić information content (AvgIpc) is 3.22. The second kappa shape index (κ2) is 6.89. The number of hydrogen-bond donors (Lipinski definition) is 0. The highest BCUT2D eigenvalue weighted by molar-refractivity contribution is 7.89. The van der Waals surface area contributed by atoms with Gasteiger partial charge in [0.1, 0.15) is 19.0 Å². The van der Waals surface area contributed by atoms with Crippen molar-refractivity contribution in [2.75, 3.05) is 19.8 Å². The Balaban J connectivity index is 1.60. The van der Waals surface area contributed by atoms with Crippen LogP contribution in [-0.2, 0) is 16.6 Å². The normalized spacial score (nSPS) is 19.0. The smallest absolute Gasteiger partial charge is 0.244 e. The van der Waals surface area contributed by atoms with Gasteiger partial charge in [-0.15, -0.1) is 0 Å². The number of benzene rings is 2. The minimum atomic E-state index is -3.83. The number of hydrogen-bond acceptors (Lipinski definition) is 4. The van der Waals surface area contributed by atoms with Crippen LogP contribution in [0.5, 0.6) is 11.5 Å². The maximum absolute atomic E-state index is 13.6. The van der Waals surface area contributed by atoms with Gasteiger partial charge < -0.3 is 14.0 Å². The van der Waals surface area contributed by atoms with Crippen molar-refractivity contribution in [1.29, 1.82) is 0 Å². The highest BCUT2D eigenvalue weighted by atomic mass is 32.2. The molecule has 0 radical (unpaired) electrons. The summed E-state index contributed by atoms with van der Waals surface area (Å²) in [5, 5.41) is 0. The Morgan fingerprint density at radius 3 is 2.48 bits per heavy atom. The summed E-state index contributed by atoms with van der Waals surface area (Å²) >= 11 is 0. The molecule has 0 fully saturated rings. The summed E-state index contributed by atoms with van der Waals surface area (Å²) in [5.41, 5.74) is 1.57. The number of rotatable bonds is 3. The van der Waals surface area contributed by atoms with Crippen LogP contribution in [0.1, 0.15) is 17.3 Å². The number of ether oxygens (including phenoxy) is 2. The summed E-state index contributed by atoms with van der Waals surface area (Å²) < 4.78 is 55.3. The van der Waals surface area contributed by atoms with E-state index in [0.29, 0.717) is 43.4 Å². The fraction of sp³-hybridized carbons (Fsp3) is 0.238. The molecular weight excluding hydrogens is 395 g/mol. The monoisotopic (exact) mass is 414 g/mol. The van der Waals surface area contributed by atoms with Gasteiger partial charge in [-0.05, 0) is 42.0 Å². The lowest BCUT2D eigenvalue weighted by molar-refractivity contribution is 0.171. The van der Waals surface area contributed by atoms with E-state index in [2.05, 4.69) is 0 Å². The molecule has 150 valence electrons. The summed E-state index contributed by atoms with van der Waals surface area (Å²) in [6.07, 6.45) is 1.93. The molecule has 0 N–H and O–H groups in total. The lowest BCUT2D eigenvalue weighted by Gasteiger charge is -2.36. The lowest BCUT2D eigenvalue weighted by Crippen LogP contribution is -2.42. The zero-order chi connectivity index (χ0) is 20.0. The first-order valence-corrected chi connectivity index (χ1v) is 10.8. The number of nitrogens with zero attached hydrogens (tertiary/aromatic N) is 2. The molecule has 3 aromatic rings. The molecule has 0 saturated carbocycles. The Hall–Kier alpha value is -2.84. The van der Waals surface area contributed by atoms with Gasteiger partial charge in [0, 0.05) is 31.0 Å². The Morgan fingerprint density at radius 1 is 0.931 bits per heavy atom. The summed E-state index contributed by atoms with van der Waals surface area (Å²) in [4.78, 5) is 0.147. The van der Waals surface area contributed by atoms with Crippen molar-refractivity contribution in [3.8, 4) is 11.5 Å². The van der Waals surface area contributed by atoms with Crippen molar-refractivity contribution < 1.29 is 22.3 Å². The third-order valence-corrected chi connectivity index (χ3v) is 7.16. The fourth-order valence-electron chi connectivity index (χ4n) is 3.92. The Kier molecular flexibility index (Phi) is 4.33. The number of aromatic nitrogens is 1. The van der Waals surface area contributed by atoms with Crippen LogP contribution in [0.2, 0.25) is 0 Å². The van der Waals surface area contributed by atoms with Crippen LogP contribution in [0.4, 0.5) is 4.39 Å². The molecule has 0 spiro atoms. The molecule has 0 amide bonds. The predicted molar refractivity (Wildman–Crippen MR) is 104 cm³/mol. The highest BCUT2D eigenvalue weighted by Crippen LogP contribution is 2.39. The molecule has 0 aliphatic carbocycles. The second-order valence-corrected chi connectivity index (χ2v) is 8.89. The van der Waals surface area contributed by atoms with E-state index < -0.39 is 16.1 Å². The standard InChI is InChI=1S/C21H19FN2O4S/c22-16-5-3-15(4-6-16)21-18-2-1-9-23(18)10-11-24(21)29(25,26)17-7-8-19-20(14-17)28-13-12-27-19/h1-9,14,21H,10-13H2. The molecule has 2 aliphatic heterocycles. The van der Waals surface area contributed by atoms with Crippen LogP contribution in [0.15, 0.2) is 65.7 Å². The van der Waals surface area contributed by atoms with Gasteiger partial charge in [-0.1, -0.05) is 12.1 Å². The minimum absolute atomic E-state index is 0.147. The largest absolute Gasteiger partial charge is 0.486 e. The van der Waals surface area contributed by atoms with E-state index in [-0.39, 0.29) is 10.7 Å². The van der Waals surface area contributed by atoms with Crippen LogP contribution in [0, 0.1) is 5.82 Å². The second-order valence-electron chi connectivity index (χ2n) is 7.00. The van der Waals surface area contributed by atoms with Crippen LogP contribution in [-0.4, -0.2) is 37.0 Å². The fourth-order valence-corrected chi connectivity index (χ4v) is 5.52. The van der Waals surface area contributed by atoms with Gasteiger partial charge in [-0.3, -0.25) is 0 Å². The summed E-state index contributed by atoms with van der Waals surface area (Å²) in [7, 11) is -3.83. The number of fused-ring (bicyclic) bond motifs is 2. The highest BCUT2D eigenvalue weighted by Gasteiger charge is 2.38. The first kappa shape index (κ1) is 18.2. The molecule has 1 unspecified atom stereocenters. The molecule has 1 atom stereocenters. The lowest BCUT2D eigenvalue weighted by atomic mass is 10.0. The molecule has 0 saturated heterocycles. The van der Waals surface area contributed by atoms with Crippen molar-refractivity contribution in [2.24, 2.45) is 0 Å². The van der Waals surface area contributed by atoms with Crippen molar-refractivity contribution in [3.63, 3.8) is 0 Å². The van der Waals surface area contributed by atoms with E-state index in [9.17, 15) is 12.8 Å². The summed E-state index contributed by atoms with van der Waals surface area (Å²) in [6.45, 7) is 1.67. The Labute approximate surface area is 168 Å². The molecule has 1 aromatic heterocycles.